The fourth-order valence-corrected chi connectivity index (χ4v) is 5.63. The van der Waals surface area contributed by atoms with Crippen molar-refractivity contribution in [3.05, 3.63) is 54.0 Å². The zero-order valence-electron chi connectivity index (χ0n) is 19.8. The standard InChI is InChI=1S/C23H28FN7O3S/c1-15-18-11-27-23(22-25-6-4-7-26-22)28-19(18)5-8-31(15)21-10-17(9-20(24)29-21)34-14-16-12-30(13-16)35(2,3,32)33/h4,6-7,9-11,15-16H,5,8,12-14H2,1-3H3,(H,32,33). The fourth-order valence-electron chi connectivity index (χ4n) is 4.36. The number of nitrogens with zero attached hydrogens (tertiary/aromatic N) is 7. The molecule has 2 aliphatic rings. The lowest BCUT2D eigenvalue weighted by Gasteiger charge is -2.53. The molecular formula is C23H28FN7O3S. The Kier molecular flexibility index (Phi) is 5.77. The van der Waals surface area contributed by atoms with E-state index in [0.29, 0.717) is 55.9 Å². The van der Waals surface area contributed by atoms with E-state index in [1.807, 2.05) is 11.8 Å². The summed E-state index contributed by atoms with van der Waals surface area (Å²) in [5.41, 5.74) is 1.86. The van der Waals surface area contributed by atoms with Crippen LogP contribution >= 0.6 is 0 Å². The normalized spacial score (nSPS) is 20.0. The minimum absolute atomic E-state index is 0.104. The van der Waals surface area contributed by atoms with E-state index in [1.165, 1.54) is 18.6 Å². The minimum Gasteiger partial charge on any atom is -0.493 e. The first-order chi connectivity index (χ1) is 16.5. The molecule has 0 radical (unpaired) electrons. The van der Waals surface area contributed by atoms with Gasteiger partial charge in [0.1, 0.15) is 11.6 Å². The van der Waals surface area contributed by atoms with Crippen LogP contribution in [-0.2, 0) is 16.0 Å². The van der Waals surface area contributed by atoms with Crippen molar-refractivity contribution in [1.29, 1.82) is 0 Å². The van der Waals surface area contributed by atoms with Gasteiger partial charge in [-0.05, 0) is 13.0 Å². The lowest BCUT2D eigenvalue weighted by atomic mass is 9.99. The summed E-state index contributed by atoms with van der Waals surface area (Å²) in [7, 11) is -3.71. The van der Waals surface area contributed by atoms with Crippen LogP contribution in [0.15, 0.2) is 36.8 Å². The number of ether oxygens (including phenoxy) is 1. The van der Waals surface area contributed by atoms with Crippen LogP contribution in [0.2, 0.25) is 0 Å². The fraction of sp³-hybridized carbons (Fsp3) is 0.435. The Bertz CT molecular complexity index is 1300. The molecular weight excluding hydrogens is 473 g/mol. The Morgan fingerprint density at radius 1 is 1.14 bits per heavy atom. The van der Waals surface area contributed by atoms with Gasteiger partial charge < -0.3 is 9.64 Å². The molecule has 0 spiro atoms. The molecule has 5 heterocycles. The first-order valence-corrected chi connectivity index (χ1v) is 14.1. The van der Waals surface area contributed by atoms with Gasteiger partial charge in [-0.2, -0.15) is 8.60 Å². The van der Waals surface area contributed by atoms with Gasteiger partial charge >= 0.3 is 0 Å². The molecule has 1 fully saturated rings. The SMILES string of the molecule is CC1c2cnc(-c3ncccn3)nc2CCN1c1cc(OCC2CN(S(C)(C)(=O)O)C2)cc(F)n1. The maximum Gasteiger partial charge on any atom is 0.218 e. The quantitative estimate of drug-likeness (QED) is 0.508. The summed E-state index contributed by atoms with van der Waals surface area (Å²) < 4.78 is 44.1. The van der Waals surface area contributed by atoms with Crippen molar-refractivity contribution < 1.29 is 17.9 Å². The molecule has 1 saturated heterocycles. The molecule has 35 heavy (non-hydrogen) atoms. The molecule has 0 aromatic carbocycles. The molecule has 5 rings (SSSR count). The smallest absolute Gasteiger partial charge is 0.218 e. The Balaban J connectivity index is 1.28. The van der Waals surface area contributed by atoms with Gasteiger partial charge in [0.05, 0.1) is 18.3 Å². The Morgan fingerprint density at radius 3 is 2.60 bits per heavy atom. The highest BCUT2D eigenvalue weighted by molar-refractivity contribution is 8.11. The summed E-state index contributed by atoms with van der Waals surface area (Å²) in [4.78, 5) is 23.7. The number of hydrogen-bond acceptors (Lipinski definition) is 8. The average molecular weight is 502 g/mol. The van der Waals surface area contributed by atoms with Crippen molar-refractivity contribution in [1.82, 2.24) is 29.2 Å². The van der Waals surface area contributed by atoms with Crippen LogP contribution in [0, 0.1) is 11.9 Å². The maximum atomic E-state index is 14.4. The van der Waals surface area contributed by atoms with Crippen LogP contribution in [0.25, 0.3) is 11.6 Å². The first-order valence-electron chi connectivity index (χ1n) is 11.4. The van der Waals surface area contributed by atoms with Crippen LogP contribution in [0.3, 0.4) is 0 Å². The monoisotopic (exact) mass is 501 g/mol. The molecule has 1 atom stereocenters. The summed E-state index contributed by atoms with van der Waals surface area (Å²) >= 11 is 0. The highest BCUT2D eigenvalue weighted by Crippen LogP contribution is 2.34. The molecule has 1 unspecified atom stereocenters. The predicted octanol–water partition coefficient (Wildman–Crippen LogP) is 2.37. The molecule has 3 aromatic heterocycles. The molecule has 0 saturated carbocycles. The predicted molar refractivity (Wildman–Crippen MR) is 130 cm³/mol. The van der Waals surface area contributed by atoms with Crippen molar-refractivity contribution in [2.75, 3.05) is 43.7 Å². The van der Waals surface area contributed by atoms with E-state index in [1.54, 1.807) is 35.0 Å². The van der Waals surface area contributed by atoms with Crippen LogP contribution < -0.4 is 9.64 Å². The highest BCUT2D eigenvalue weighted by Gasteiger charge is 2.37. The van der Waals surface area contributed by atoms with E-state index in [4.69, 9.17) is 4.74 Å². The van der Waals surface area contributed by atoms with E-state index >= 15 is 0 Å². The van der Waals surface area contributed by atoms with Crippen LogP contribution in [0.4, 0.5) is 10.2 Å². The van der Waals surface area contributed by atoms with Gasteiger partial charge in [-0.15, -0.1) is 9.53 Å². The van der Waals surface area contributed by atoms with E-state index in [-0.39, 0.29) is 12.0 Å². The number of pyridine rings is 1. The van der Waals surface area contributed by atoms with E-state index < -0.39 is 15.5 Å². The van der Waals surface area contributed by atoms with Gasteiger partial charge in [-0.1, -0.05) is 0 Å². The largest absolute Gasteiger partial charge is 0.493 e. The van der Waals surface area contributed by atoms with Gasteiger partial charge in [0, 0.05) is 80.8 Å². The minimum atomic E-state index is -3.71. The molecule has 186 valence electrons. The Morgan fingerprint density at radius 2 is 1.89 bits per heavy atom. The van der Waals surface area contributed by atoms with Crippen molar-refractivity contribution in [3.63, 3.8) is 0 Å². The van der Waals surface area contributed by atoms with Crippen molar-refractivity contribution in [2.45, 2.75) is 19.4 Å². The van der Waals surface area contributed by atoms with Crippen LogP contribution in [0.1, 0.15) is 24.2 Å². The zero-order chi connectivity index (χ0) is 24.8. The average Bonchev–Trinajstić information content (AvgIpc) is 2.77. The lowest BCUT2D eigenvalue weighted by molar-refractivity contribution is 0.121. The topological polar surface area (TPSA) is 117 Å². The molecule has 2 aliphatic heterocycles. The van der Waals surface area contributed by atoms with Gasteiger partial charge in [-0.3, -0.25) is 4.55 Å². The van der Waals surface area contributed by atoms with Crippen molar-refractivity contribution in [3.8, 4) is 17.4 Å². The molecule has 0 amide bonds. The van der Waals surface area contributed by atoms with E-state index in [9.17, 15) is 13.2 Å². The molecule has 1 N–H and O–H groups in total. The first kappa shape index (κ1) is 23.6. The van der Waals surface area contributed by atoms with Gasteiger partial charge in [0.25, 0.3) is 0 Å². The molecule has 12 heteroatoms. The number of halogens is 1. The second-order valence-corrected chi connectivity index (χ2v) is 13.4. The van der Waals surface area contributed by atoms with Gasteiger partial charge in [-0.25, -0.2) is 29.2 Å². The van der Waals surface area contributed by atoms with Gasteiger partial charge in [0.2, 0.25) is 5.95 Å². The number of rotatable bonds is 6. The lowest BCUT2D eigenvalue weighted by Crippen LogP contribution is -2.60. The van der Waals surface area contributed by atoms with E-state index in [0.717, 1.165) is 11.3 Å². The van der Waals surface area contributed by atoms with Crippen molar-refractivity contribution in [2.24, 2.45) is 5.92 Å². The Labute approximate surface area is 203 Å². The summed E-state index contributed by atoms with van der Waals surface area (Å²) in [5.74, 6) is 1.29. The molecule has 3 aromatic rings. The third kappa shape index (κ3) is 5.00. The van der Waals surface area contributed by atoms with E-state index in [2.05, 4.69) is 24.9 Å². The van der Waals surface area contributed by atoms with Gasteiger partial charge in [0.15, 0.2) is 11.6 Å². The summed E-state index contributed by atoms with van der Waals surface area (Å²) in [5, 5.41) is 0. The highest BCUT2D eigenvalue weighted by atomic mass is 32.3. The second-order valence-electron chi connectivity index (χ2n) is 9.50. The molecule has 0 aliphatic carbocycles. The number of hydrogen-bond donors (Lipinski definition) is 1. The third-order valence-electron chi connectivity index (χ3n) is 6.37. The molecule has 10 nitrogen and oxygen atoms in total. The Hall–Kier alpha value is -3.09. The van der Waals surface area contributed by atoms with Crippen LogP contribution in [0.5, 0.6) is 5.75 Å². The number of aromatic nitrogens is 5. The summed E-state index contributed by atoms with van der Waals surface area (Å²) in [6.45, 7) is 3.87. The van der Waals surface area contributed by atoms with Crippen LogP contribution in [-0.4, -0.2) is 76.7 Å². The van der Waals surface area contributed by atoms with Crippen molar-refractivity contribution >= 4 is 15.4 Å². The summed E-state index contributed by atoms with van der Waals surface area (Å²) in [6.07, 6.45) is 8.42. The zero-order valence-corrected chi connectivity index (χ0v) is 20.7. The summed E-state index contributed by atoms with van der Waals surface area (Å²) in [6, 6.07) is 4.61. The number of anilines is 1. The molecule has 0 bridgehead atoms. The number of fused-ring (bicyclic) bond motifs is 1. The third-order valence-corrected chi connectivity index (χ3v) is 8.14. The maximum absolute atomic E-state index is 14.4. The second kappa shape index (κ2) is 8.54.